The summed E-state index contributed by atoms with van der Waals surface area (Å²) >= 11 is 0. The van der Waals surface area contributed by atoms with Crippen molar-refractivity contribution in [2.75, 3.05) is 31.1 Å². The highest BCUT2D eigenvalue weighted by Crippen LogP contribution is 2.26. The number of para-hydroxylation sites is 1. The maximum Gasteiger partial charge on any atom is 0.239 e. The Morgan fingerprint density at radius 2 is 2.09 bits per heavy atom. The Labute approximate surface area is 137 Å². The van der Waals surface area contributed by atoms with Crippen molar-refractivity contribution in [1.82, 2.24) is 5.32 Å². The average Bonchev–Trinajstić information content (AvgIpc) is 2.95. The Hall–Kier alpha value is -2.49. The van der Waals surface area contributed by atoms with Gasteiger partial charge in [0.2, 0.25) is 5.91 Å². The quantitative estimate of drug-likeness (QED) is 0.834. The van der Waals surface area contributed by atoms with Gasteiger partial charge < -0.3 is 15.0 Å². The van der Waals surface area contributed by atoms with Crippen LogP contribution >= 0.6 is 0 Å². The fourth-order valence-electron chi connectivity index (χ4n) is 2.86. The van der Waals surface area contributed by atoms with E-state index in [0.717, 1.165) is 18.7 Å². The van der Waals surface area contributed by atoms with Gasteiger partial charge >= 0.3 is 0 Å². The molecule has 1 N–H and O–H groups in total. The van der Waals surface area contributed by atoms with E-state index in [4.69, 9.17) is 4.74 Å². The van der Waals surface area contributed by atoms with Crippen LogP contribution in [0.4, 0.5) is 5.69 Å². The summed E-state index contributed by atoms with van der Waals surface area (Å²) in [6.45, 7) is 4.34. The van der Waals surface area contributed by atoms with Gasteiger partial charge in [0.25, 0.3) is 0 Å². The molecule has 120 valence electrons. The van der Waals surface area contributed by atoms with Crippen LogP contribution in [-0.4, -0.2) is 32.1 Å². The molecule has 1 aliphatic heterocycles. The third-order valence-corrected chi connectivity index (χ3v) is 4.00. The number of fused-ring (bicyclic) bond motifs is 1. The monoisotopic (exact) mass is 310 g/mol. The van der Waals surface area contributed by atoms with Gasteiger partial charge in [-0.1, -0.05) is 30.3 Å². The van der Waals surface area contributed by atoms with Crippen LogP contribution < -0.4 is 15.0 Å². The van der Waals surface area contributed by atoms with Crippen molar-refractivity contribution in [1.29, 1.82) is 0 Å². The fourth-order valence-corrected chi connectivity index (χ4v) is 2.86. The van der Waals surface area contributed by atoms with Crippen molar-refractivity contribution >= 4 is 11.6 Å². The predicted molar refractivity (Wildman–Crippen MR) is 92.0 cm³/mol. The van der Waals surface area contributed by atoms with Gasteiger partial charge in [0.05, 0.1) is 13.1 Å². The van der Waals surface area contributed by atoms with Crippen LogP contribution in [0.2, 0.25) is 0 Å². The summed E-state index contributed by atoms with van der Waals surface area (Å²) in [4.78, 5) is 14.2. The molecule has 0 unspecified atom stereocenters. The van der Waals surface area contributed by atoms with Crippen LogP contribution in [-0.2, 0) is 11.2 Å². The molecule has 3 rings (SSSR count). The minimum absolute atomic E-state index is 0.0366. The largest absolute Gasteiger partial charge is 0.492 e. The van der Waals surface area contributed by atoms with Gasteiger partial charge in [-0.15, -0.1) is 0 Å². The molecule has 1 amide bonds. The molecule has 0 saturated carbocycles. The predicted octanol–water partition coefficient (Wildman–Crippen LogP) is 2.55. The fraction of sp³-hybridized carbons (Fsp3) is 0.316. The number of nitrogens with one attached hydrogen (secondary N) is 1. The smallest absolute Gasteiger partial charge is 0.239 e. The minimum Gasteiger partial charge on any atom is -0.492 e. The highest BCUT2D eigenvalue weighted by Gasteiger charge is 2.20. The first kappa shape index (κ1) is 15.4. The van der Waals surface area contributed by atoms with Gasteiger partial charge in [-0.05, 0) is 42.7 Å². The summed E-state index contributed by atoms with van der Waals surface area (Å²) in [5.74, 6) is 0.877. The Bertz CT molecular complexity index is 685. The molecule has 4 heteroatoms. The molecular weight excluding hydrogens is 288 g/mol. The Morgan fingerprint density at radius 1 is 1.22 bits per heavy atom. The zero-order valence-corrected chi connectivity index (χ0v) is 13.4. The lowest BCUT2D eigenvalue weighted by Crippen LogP contribution is -2.38. The lowest BCUT2D eigenvalue weighted by Gasteiger charge is -2.18. The molecule has 2 aromatic carbocycles. The normalized spacial score (nSPS) is 12.8. The standard InChI is InChI=1S/C19H22N2O2/c1-15-5-4-7-17(13-15)23-12-10-20-19(22)14-21-11-9-16-6-2-3-8-18(16)21/h2-8,13H,9-12,14H2,1H3,(H,20,22). The van der Waals surface area contributed by atoms with Crippen molar-refractivity contribution in [3.63, 3.8) is 0 Å². The lowest BCUT2D eigenvalue weighted by atomic mass is 10.2. The van der Waals surface area contributed by atoms with Crippen molar-refractivity contribution in [3.8, 4) is 5.75 Å². The van der Waals surface area contributed by atoms with E-state index in [9.17, 15) is 4.79 Å². The molecule has 0 saturated heterocycles. The summed E-state index contributed by atoms with van der Waals surface area (Å²) in [5.41, 5.74) is 3.67. The molecule has 4 nitrogen and oxygen atoms in total. The first-order valence-corrected chi connectivity index (χ1v) is 8.01. The number of carbonyl (C=O) groups is 1. The van der Waals surface area contributed by atoms with E-state index in [2.05, 4.69) is 22.3 Å². The van der Waals surface area contributed by atoms with Gasteiger partial charge in [0.15, 0.2) is 0 Å². The second-order valence-electron chi connectivity index (χ2n) is 5.82. The maximum atomic E-state index is 12.1. The second-order valence-corrected chi connectivity index (χ2v) is 5.82. The van der Waals surface area contributed by atoms with Gasteiger partial charge in [0.1, 0.15) is 12.4 Å². The third-order valence-electron chi connectivity index (χ3n) is 4.00. The molecule has 23 heavy (non-hydrogen) atoms. The van der Waals surface area contributed by atoms with Crippen LogP contribution in [0.5, 0.6) is 5.75 Å². The van der Waals surface area contributed by atoms with Gasteiger partial charge in [-0.2, -0.15) is 0 Å². The third kappa shape index (κ3) is 4.03. The summed E-state index contributed by atoms with van der Waals surface area (Å²) in [7, 11) is 0. The molecule has 0 bridgehead atoms. The number of hydrogen-bond acceptors (Lipinski definition) is 3. The summed E-state index contributed by atoms with van der Waals surface area (Å²) in [6, 6.07) is 16.2. The molecule has 0 atom stereocenters. The maximum absolute atomic E-state index is 12.1. The topological polar surface area (TPSA) is 41.6 Å². The minimum atomic E-state index is 0.0366. The Morgan fingerprint density at radius 3 is 2.96 bits per heavy atom. The van der Waals surface area contributed by atoms with E-state index < -0.39 is 0 Å². The molecule has 2 aromatic rings. The van der Waals surface area contributed by atoms with Crippen LogP contribution in [0.3, 0.4) is 0 Å². The number of anilines is 1. The summed E-state index contributed by atoms with van der Waals surface area (Å²) < 4.78 is 5.64. The lowest BCUT2D eigenvalue weighted by molar-refractivity contribution is -0.119. The zero-order valence-electron chi connectivity index (χ0n) is 13.4. The summed E-state index contributed by atoms with van der Waals surface area (Å²) in [6.07, 6.45) is 1.01. The number of nitrogens with zero attached hydrogens (tertiary/aromatic N) is 1. The molecule has 1 aliphatic rings. The molecule has 0 spiro atoms. The van der Waals surface area contributed by atoms with E-state index in [1.807, 2.05) is 43.3 Å². The molecule has 0 aromatic heterocycles. The molecule has 1 heterocycles. The van der Waals surface area contributed by atoms with Gasteiger partial charge in [0, 0.05) is 12.2 Å². The average molecular weight is 310 g/mol. The molecule has 0 radical (unpaired) electrons. The van der Waals surface area contributed by atoms with Crippen molar-refractivity contribution in [2.45, 2.75) is 13.3 Å². The van der Waals surface area contributed by atoms with E-state index >= 15 is 0 Å². The van der Waals surface area contributed by atoms with Crippen molar-refractivity contribution in [2.24, 2.45) is 0 Å². The second kappa shape index (κ2) is 7.18. The first-order valence-electron chi connectivity index (χ1n) is 8.01. The molecule has 0 aliphatic carbocycles. The number of carbonyl (C=O) groups excluding carboxylic acids is 1. The van der Waals surface area contributed by atoms with Crippen LogP contribution in [0.1, 0.15) is 11.1 Å². The van der Waals surface area contributed by atoms with Gasteiger partial charge in [-0.3, -0.25) is 4.79 Å². The Kier molecular flexibility index (Phi) is 4.81. The molecular formula is C19H22N2O2. The number of aryl methyl sites for hydroxylation is 1. The Balaban J connectivity index is 1.41. The SMILES string of the molecule is Cc1cccc(OCCNC(=O)CN2CCc3ccccc32)c1. The van der Waals surface area contributed by atoms with E-state index in [0.29, 0.717) is 19.7 Å². The first-order chi connectivity index (χ1) is 11.2. The van der Waals surface area contributed by atoms with E-state index in [1.54, 1.807) is 0 Å². The van der Waals surface area contributed by atoms with Crippen LogP contribution in [0, 0.1) is 6.92 Å². The molecule has 0 fully saturated rings. The van der Waals surface area contributed by atoms with Crippen molar-refractivity contribution in [3.05, 3.63) is 59.7 Å². The highest BCUT2D eigenvalue weighted by atomic mass is 16.5. The number of amides is 1. The summed E-state index contributed by atoms with van der Waals surface area (Å²) in [5, 5.41) is 2.92. The number of ether oxygens (including phenoxy) is 1. The number of benzene rings is 2. The van der Waals surface area contributed by atoms with Crippen LogP contribution in [0.25, 0.3) is 0 Å². The number of rotatable bonds is 6. The van der Waals surface area contributed by atoms with E-state index in [1.165, 1.54) is 16.8 Å². The van der Waals surface area contributed by atoms with E-state index in [-0.39, 0.29) is 5.91 Å². The highest BCUT2D eigenvalue weighted by molar-refractivity contribution is 5.82. The van der Waals surface area contributed by atoms with Crippen molar-refractivity contribution < 1.29 is 9.53 Å². The van der Waals surface area contributed by atoms with Crippen LogP contribution in [0.15, 0.2) is 48.5 Å². The number of hydrogen-bond donors (Lipinski definition) is 1. The zero-order chi connectivity index (χ0) is 16.1. The van der Waals surface area contributed by atoms with Gasteiger partial charge in [-0.25, -0.2) is 0 Å².